The van der Waals surface area contributed by atoms with Crippen LogP contribution in [0.15, 0.2) is 0 Å². The molecule has 0 spiro atoms. The lowest BCUT2D eigenvalue weighted by Crippen LogP contribution is -2.47. The minimum atomic E-state index is -4.08. The molecule has 1 N–H and O–H groups in total. The summed E-state index contributed by atoms with van der Waals surface area (Å²) in [7, 11) is 0. The Labute approximate surface area is 102 Å². The molecule has 0 radical (unpaired) electrons. The molecule has 2 atom stereocenters. The normalized spacial score (nSPS) is 26.5. The highest BCUT2D eigenvalue weighted by Crippen LogP contribution is 2.26. The molecular formula is C12H23F3N2. The van der Waals surface area contributed by atoms with Crippen molar-refractivity contribution in [1.29, 1.82) is 0 Å². The Bertz CT molecular complexity index is 216. The van der Waals surface area contributed by atoms with E-state index < -0.39 is 12.7 Å². The Morgan fingerprint density at radius 1 is 1.24 bits per heavy atom. The fraction of sp³-hybridized carbons (Fsp3) is 1.00. The molecular weight excluding hydrogens is 229 g/mol. The molecule has 0 heterocycles. The van der Waals surface area contributed by atoms with Gasteiger partial charge in [0, 0.05) is 12.1 Å². The molecule has 0 aliphatic heterocycles. The minimum absolute atomic E-state index is 0.0828. The highest BCUT2D eigenvalue weighted by molar-refractivity contribution is 4.84. The van der Waals surface area contributed by atoms with E-state index in [1.54, 1.807) is 4.90 Å². The van der Waals surface area contributed by atoms with Crippen molar-refractivity contribution in [1.82, 2.24) is 10.2 Å². The van der Waals surface area contributed by atoms with E-state index in [-0.39, 0.29) is 6.04 Å². The van der Waals surface area contributed by atoms with Gasteiger partial charge < -0.3 is 5.32 Å². The van der Waals surface area contributed by atoms with E-state index in [0.717, 1.165) is 32.2 Å². The summed E-state index contributed by atoms with van der Waals surface area (Å²) in [6, 6.07) is 0.473. The Morgan fingerprint density at radius 3 is 2.47 bits per heavy atom. The van der Waals surface area contributed by atoms with Gasteiger partial charge in [-0.05, 0) is 32.4 Å². The van der Waals surface area contributed by atoms with E-state index in [9.17, 15) is 13.2 Å². The van der Waals surface area contributed by atoms with Gasteiger partial charge >= 0.3 is 6.18 Å². The Kier molecular flexibility index (Phi) is 5.73. The lowest BCUT2D eigenvalue weighted by Gasteiger charge is -2.37. The van der Waals surface area contributed by atoms with Crippen LogP contribution in [0.4, 0.5) is 13.2 Å². The Hall–Kier alpha value is -0.290. The van der Waals surface area contributed by atoms with Crippen LogP contribution in [0, 0.1) is 0 Å². The van der Waals surface area contributed by atoms with Crippen molar-refractivity contribution >= 4 is 0 Å². The second kappa shape index (κ2) is 6.59. The zero-order chi connectivity index (χ0) is 12.9. The lowest BCUT2D eigenvalue weighted by molar-refractivity contribution is -0.152. The van der Waals surface area contributed by atoms with Gasteiger partial charge in [0.05, 0.1) is 6.54 Å². The molecule has 102 valence electrons. The van der Waals surface area contributed by atoms with E-state index in [1.807, 2.05) is 13.8 Å². The van der Waals surface area contributed by atoms with Crippen LogP contribution in [-0.2, 0) is 0 Å². The van der Waals surface area contributed by atoms with Crippen molar-refractivity contribution in [2.24, 2.45) is 0 Å². The van der Waals surface area contributed by atoms with E-state index in [2.05, 4.69) is 5.32 Å². The van der Waals surface area contributed by atoms with Gasteiger partial charge in [0.25, 0.3) is 0 Å². The summed E-state index contributed by atoms with van der Waals surface area (Å²) in [5.74, 6) is 0. The summed E-state index contributed by atoms with van der Waals surface area (Å²) < 4.78 is 37.3. The van der Waals surface area contributed by atoms with E-state index in [1.165, 1.54) is 0 Å². The maximum atomic E-state index is 12.4. The fourth-order valence-corrected chi connectivity index (χ4v) is 2.70. The number of halogens is 3. The van der Waals surface area contributed by atoms with Crippen LogP contribution in [0.1, 0.15) is 39.5 Å². The quantitative estimate of drug-likeness (QED) is 0.809. The molecule has 2 unspecified atom stereocenters. The molecule has 0 saturated heterocycles. The van der Waals surface area contributed by atoms with Crippen molar-refractivity contribution in [2.75, 3.05) is 19.6 Å². The second-order valence-corrected chi connectivity index (χ2v) is 4.75. The molecule has 0 bridgehead atoms. The van der Waals surface area contributed by atoms with Gasteiger partial charge in [0.15, 0.2) is 0 Å². The van der Waals surface area contributed by atoms with Gasteiger partial charge in [-0.1, -0.05) is 20.3 Å². The molecule has 1 rings (SSSR count). The van der Waals surface area contributed by atoms with Crippen LogP contribution in [0.2, 0.25) is 0 Å². The number of hydrogen-bond donors (Lipinski definition) is 1. The summed E-state index contributed by atoms with van der Waals surface area (Å²) in [6.07, 6.45) is -0.227. The standard InChI is InChI=1S/C12H23F3N2/c1-3-16-10-6-5-7-11(8-10)17(4-2)9-12(13,14)15/h10-11,16H,3-9H2,1-2H3. The van der Waals surface area contributed by atoms with E-state index in [0.29, 0.717) is 12.6 Å². The first-order chi connectivity index (χ1) is 7.96. The number of alkyl halides is 3. The summed E-state index contributed by atoms with van der Waals surface area (Å²) in [6.45, 7) is 4.44. The van der Waals surface area contributed by atoms with Gasteiger partial charge in [-0.25, -0.2) is 0 Å². The molecule has 1 aliphatic carbocycles. The molecule has 0 aromatic rings. The smallest absolute Gasteiger partial charge is 0.314 e. The predicted octanol–water partition coefficient (Wildman–Crippen LogP) is 2.79. The van der Waals surface area contributed by atoms with Crippen LogP contribution >= 0.6 is 0 Å². The average molecular weight is 252 g/mol. The van der Waals surface area contributed by atoms with Crippen LogP contribution < -0.4 is 5.32 Å². The molecule has 0 amide bonds. The molecule has 1 fully saturated rings. The third-order valence-corrected chi connectivity index (χ3v) is 3.44. The third-order valence-electron chi connectivity index (χ3n) is 3.44. The molecule has 17 heavy (non-hydrogen) atoms. The minimum Gasteiger partial charge on any atom is -0.314 e. The summed E-state index contributed by atoms with van der Waals surface area (Å²) in [5.41, 5.74) is 0. The highest BCUT2D eigenvalue weighted by Gasteiger charge is 2.34. The second-order valence-electron chi connectivity index (χ2n) is 4.75. The predicted molar refractivity (Wildman–Crippen MR) is 63.0 cm³/mol. The summed E-state index contributed by atoms with van der Waals surface area (Å²) in [4.78, 5) is 1.57. The number of nitrogens with one attached hydrogen (secondary N) is 1. The Morgan fingerprint density at radius 2 is 1.94 bits per heavy atom. The van der Waals surface area contributed by atoms with Gasteiger partial charge in [-0.15, -0.1) is 0 Å². The largest absolute Gasteiger partial charge is 0.401 e. The summed E-state index contributed by atoms with van der Waals surface area (Å²) >= 11 is 0. The van der Waals surface area contributed by atoms with E-state index in [4.69, 9.17) is 0 Å². The highest BCUT2D eigenvalue weighted by atomic mass is 19.4. The van der Waals surface area contributed by atoms with Crippen molar-refractivity contribution < 1.29 is 13.2 Å². The number of hydrogen-bond acceptors (Lipinski definition) is 2. The average Bonchev–Trinajstić information content (AvgIpc) is 2.25. The van der Waals surface area contributed by atoms with Crippen LogP contribution in [-0.4, -0.2) is 42.8 Å². The maximum Gasteiger partial charge on any atom is 0.401 e. The lowest BCUT2D eigenvalue weighted by atomic mass is 9.90. The van der Waals surface area contributed by atoms with Crippen molar-refractivity contribution in [3.63, 3.8) is 0 Å². The van der Waals surface area contributed by atoms with Crippen molar-refractivity contribution in [2.45, 2.75) is 57.8 Å². The first kappa shape index (κ1) is 14.8. The van der Waals surface area contributed by atoms with Gasteiger partial charge in [0.1, 0.15) is 0 Å². The molecule has 1 saturated carbocycles. The number of rotatable bonds is 5. The number of nitrogens with zero attached hydrogens (tertiary/aromatic N) is 1. The van der Waals surface area contributed by atoms with Gasteiger partial charge in [-0.2, -0.15) is 13.2 Å². The van der Waals surface area contributed by atoms with Crippen LogP contribution in [0.25, 0.3) is 0 Å². The Balaban J connectivity index is 2.50. The monoisotopic (exact) mass is 252 g/mol. The topological polar surface area (TPSA) is 15.3 Å². The van der Waals surface area contributed by atoms with Crippen molar-refractivity contribution in [3.05, 3.63) is 0 Å². The van der Waals surface area contributed by atoms with Gasteiger partial charge in [0.2, 0.25) is 0 Å². The van der Waals surface area contributed by atoms with Gasteiger partial charge in [-0.3, -0.25) is 4.90 Å². The molecule has 2 nitrogen and oxygen atoms in total. The van der Waals surface area contributed by atoms with E-state index >= 15 is 0 Å². The first-order valence-electron chi connectivity index (χ1n) is 6.50. The molecule has 0 aromatic heterocycles. The van der Waals surface area contributed by atoms with Crippen LogP contribution in [0.3, 0.4) is 0 Å². The van der Waals surface area contributed by atoms with Crippen molar-refractivity contribution in [3.8, 4) is 0 Å². The first-order valence-corrected chi connectivity index (χ1v) is 6.50. The third kappa shape index (κ3) is 5.25. The zero-order valence-corrected chi connectivity index (χ0v) is 10.7. The maximum absolute atomic E-state index is 12.4. The zero-order valence-electron chi connectivity index (χ0n) is 10.7. The fourth-order valence-electron chi connectivity index (χ4n) is 2.70. The molecule has 1 aliphatic rings. The SMILES string of the molecule is CCNC1CCCC(N(CC)CC(F)(F)F)C1. The molecule has 5 heteroatoms. The molecule has 0 aromatic carbocycles. The van der Waals surface area contributed by atoms with Crippen LogP contribution in [0.5, 0.6) is 0 Å². The summed E-state index contributed by atoms with van der Waals surface area (Å²) in [5, 5.41) is 3.35.